The summed E-state index contributed by atoms with van der Waals surface area (Å²) in [5, 5.41) is 2.83. The molecule has 1 rings (SSSR count). The summed E-state index contributed by atoms with van der Waals surface area (Å²) < 4.78 is 18.2. The lowest BCUT2D eigenvalue weighted by Gasteiger charge is -2.17. The highest BCUT2D eigenvalue weighted by molar-refractivity contribution is 6.31. The van der Waals surface area contributed by atoms with Crippen molar-refractivity contribution in [3.05, 3.63) is 34.6 Å². The maximum Gasteiger partial charge on any atom is 0.327 e. The SMILES string of the molecule is C#CCNC(C(=O)OC)c1c(F)cccc1Cl. The van der Waals surface area contributed by atoms with Gasteiger partial charge in [0.1, 0.15) is 11.9 Å². The number of hydrogen-bond acceptors (Lipinski definition) is 3. The summed E-state index contributed by atoms with van der Waals surface area (Å²) in [7, 11) is 1.21. The van der Waals surface area contributed by atoms with Crippen molar-refractivity contribution in [1.29, 1.82) is 0 Å². The van der Waals surface area contributed by atoms with Gasteiger partial charge in [0.15, 0.2) is 0 Å². The Hall–Kier alpha value is -1.57. The summed E-state index contributed by atoms with van der Waals surface area (Å²) >= 11 is 5.86. The second-order valence-electron chi connectivity index (χ2n) is 3.18. The number of terminal acetylenes is 1. The molecular formula is C12H11ClFNO2. The first-order valence-corrected chi connectivity index (χ1v) is 5.18. The van der Waals surface area contributed by atoms with Crippen molar-refractivity contribution in [3.63, 3.8) is 0 Å². The first-order chi connectivity index (χ1) is 8.11. The average molecular weight is 256 g/mol. The number of hydrogen-bond donors (Lipinski definition) is 1. The van der Waals surface area contributed by atoms with Gasteiger partial charge in [0.2, 0.25) is 0 Å². The van der Waals surface area contributed by atoms with E-state index in [2.05, 4.69) is 16.0 Å². The van der Waals surface area contributed by atoms with Crippen LogP contribution in [-0.2, 0) is 9.53 Å². The first kappa shape index (κ1) is 13.5. The zero-order chi connectivity index (χ0) is 12.8. The van der Waals surface area contributed by atoms with Gasteiger partial charge in [-0.15, -0.1) is 6.42 Å². The van der Waals surface area contributed by atoms with E-state index in [1.165, 1.54) is 25.3 Å². The fourth-order valence-electron chi connectivity index (χ4n) is 1.37. The van der Waals surface area contributed by atoms with Gasteiger partial charge in [-0.2, -0.15) is 0 Å². The molecule has 5 heteroatoms. The van der Waals surface area contributed by atoms with Gasteiger partial charge in [0.25, 0.3) is 0 Å². The Balaban J connectivity index is 3.13. The maximum atomic E-state index is 13.6. The van der Waals surface area contributed by atoms with Crippen LogP contribution in [0.25, 0.3) is 0 Å². The van der Waals surface area contributed by atoms with Crippen molar-refractivity contribution in [3.8, 4) is 12.3 Å². The molecule has 1 atom stereocenters. The summed E-state index contributed by atoms with van der Waals surface area (Å²) in [5.74, 6) is 1.07. The number of nitrogens with one attached hydrogen (secondary N) is 1. The molecule has 1 aromatic rings. The Bertz CT molecular complexity index is 436. The largest absolute Gasteiger partial charge is 0.468 e. The second kappa shape index (κ2) is 6.24. The van der Waals surface area contributed by atoms with Crippen LogP contribution in [0.15, 0.2) is 18.2 Å². The van der Waals surface area contributed by atoms with Crippen LogP contribution < -0.4 is 5.32 Å². The Labute approximate surface area is 104 Å². The molecule has 0 saturated carbocycles. The van der Waals surface area contributed by atoms with E-state index in [0.717, 1.165) is 0 Å². The number of methoxy groups -OCH3 is 1. The van der Waals surface area contributed by atoms with Gasteiger partial charge in [0, 0.05) is 10.6 Å². The van der Waals surface area contributed by atoms with Crippen molar-refractivity contribution < 1.29 is 13.9 Å². The molecule has 17 heavy (non-hydrogen) atoms. The van der Waals surface area contributed by atoms with E-state index in [4.69, 9.17) is 18.0 Å². The third-order valence-corrected chi connectivity index (χ3v) is 2.46. The first-order valence-electron chi connectivity index (χ1n) is 4.80. The van der Waals surface area contributed by atoms with Crippen LogP contribution in [0, 0.1) is 18.2 Å². The summed E-state index contributed by atoms with van der Waals surface area (Å²) in [4.78, 5) is 11.5. The van der Waals surface area contributed by atoms with Gasteiger partial charge in [0.05, 0.1) is 13.7 Å². The number of carbonyl (C=O) groups is 1. The highest BCUT2D eigenvalue weighted by atomic mass is 35.5. The van der Waals surface area contributed by atoms with Crippen LogP contribution in [-0.4, -0.2) is 19.6 Å². The number of benzene rings is 1. The van der Waals surface area contributed by atoms with Crippen molar-refractivity contribution in [1.82, 2.24) is 5.32 Å². The zero-order valence-electron chi connectivity index (χ0n) is 9.17. The lowest BCUT2D eigenvalue weighted by molar-refractivity contribution is -0.143. The minimum atomic E-state index is -1.01. The van der Waals surface area contributed by atoms with Crippen LogP contribution in [0.3, 0.4) is 0 Å². The van der Waals surface area contributed by atoms with Crippen molar-refractivity contribution >= 4 is 17.6 Å². The van der Waals surface area contributed by atoms with E-state index in [1.54, 1.807) is 0 Å². The topological polar surface area (TPSA) is 38.3 Å². The molecule has 0 bridgehead atoms. The van der Waals surface area contributed by atoms with E-state index in [1.807, 2.05) is 0 Å². The molecule has 0 aliphatic rings. The molecule has 1 unspecified atom stereocenters. The minimum absolute atomic E-state index is 0.0382. The van der Waals surface area contributed by atoms with Crippen molar-refractivity contribution in [2.45, 2.75) is 6.04 Å². The minimum Gasteiger partial charge on any atom is -0.468 e. The van der Waals surface area contributed by atoms with E-state index in [9.17, 15) is 9.18 Å². The predicted octanol–water partition coefficient (Wildman–Crippen LogP) is 1.92. The molecule has 0 radical (unpaired) electrons. The molecule has 1 aromatic carbocycles. The maximum absolute atomic E-state index is 13.6. The van der Waals surface area contributed by atoms with Crippen LogP contribution in [0.5, 0.6) is 0 Å². The molecule has 0 aliphatic carbocycles. The van der Waals surface area contributed by atoms with E-state index in [0.29, 0.717) is 0 Å². The van der Waals surface area contributed by atoms with Gasteiger partial charge in [-0.25, -0.2) is 9.18 Å². The summed E-state index contributed by atoms with van der Waals surface area (Å²) in [6.45, 7) is 0.102. The molecule has 0 fully saturated rings. The number of carbonyl (C=O) groups excluding carboxylic acids is 1. The van der Waals surface area contributed by atoms with Crippen LogP contribution >= 0.6 is 11.6 Å². The predicted molar refractivity (Wildman–Crippen MR) is 63.0 cm³/mol. The van der Waals surface area contributed by atoms with Gasteiger partial charge < -0.3 is 4.74 Å². The number of esters is 1. The van der Waals surface area contributed by atoms with E-state index < -0.39 is 17.8 Å². The molecule has 0 spiro atoms. The van der Waals surface area contributed by atoms with Gasteiger partial charge in [-0.1, -0.05) is 23.6 Å². The molecule has 90 valence electrons. The van der Waals surface area contributed by atoms with Crippen LogP contribution in [0.1, 0.15) is 11.6 Å². The monoisotopic (exact) mass is 255 g/mol. The normalized spacial score (nSPS) is 11.6. The van der Waals surface area contributed by atoms with Gasteiger partial charge in [-0.3, -0.25) is 5.32 Å². The third-order valence-electron chi connectivity index (χ3n) is 2.13. The number of halogens is 2. The highest BCUT2D eigenvalue weighted by Gasteiger charge is 2.26. The fourth-order valence-corrected chi connectivity index (χ4v) is 1.64. The van der Waals surface area contributed by atoms with Crippen molar-refractivity contribution in [2.75, 3.05) is 13.7 Å². The molecule has 0 amide bonds. The molecule has 3 nitrogen and oxygen atoms in total. The molecule has 0 aromatic heterocycles. The van der Waals surface area contributed by atoms with Gasteiger partial charge >= 0.3 is 5.97 Å². The Morgan fingerprint density at radius 2 is 2.41 bits per heavy atom. The Morgan fingerprint density at radius 1 is 1.71 bits per heavy atom. The lowest BCUT2D eigenvalue weighted by atomic mass is 10.1. The standard InChI is InChI=1S/C12H11ClFNO2/c1-3-7-15-11(12(16)17-2)10-8(13)5-4-6-9(10)14/h1,4-6,11,15H,7H2,2H3. The van der Waals surface area contributed by atoms with Crippen LogP contribution in [0.2, 0.25) is 5.02 Å². The van der Waals surface area contributed by atoms with Crippen molar-refractivity contribution in [2.24, 2.45) is 0 Å². The summed E-state index contributed by atoms with van der Waals surface area (Å²) in [6.07, 6.45) is 5.08. The Morgan fingerprint density at radius 3 is 2.94 bits per heavy atom. The smallest absolute Gasteiger partial charge is 0.327 e. The second-order valence-corrected chi connectivity index (χ2v) is 3.58. The highest BCUT2D eigenvalue weighted by Crippen LogP contribution is 2.26. The third kappa shape index (κ3) is 3.19. The molecule has 1 N–H and O–H groups in total. The fraction of sp³-hybridized carbons (Fsp3) is 0.250. The Kier molecular flexibility index (Phi) is 4.95. The zero-order valence-corrected chi connectivity index (χ0v) is 9.92. The van der Waals surface area contributed by atoms with E-state index >= 15 is 0 Å². The molecule has 0 aliphatic heterocycles. The number of rotatable bonds is 4. The van der Waals surface area contributed by atoms with Gasteiger partial charge in [-0.05, 0) is 12.1 Å². The van der Waals surface area contributed by atoms with Crippen LogP contribution in [0.4, 0.5) is 4.39 Å². The molecular weight excluding hydrogens is 245 g/mol. The quantitative estimate of drug-likeness (QED) is 0.660. The molecule has 0 saturated heterocycles. The summed E-state index contributed by atoms with van der Waals surface area (Å²) in [5.41, 5.74) is 0.0382. The van der Waals surface area contributed by atoms with E-state index in [-0.39, 0.29) is 17.1 Å². The summed E-state index contributed by atoms with van der Waals surface area (Å²) in [6, 6.07) is 3.16. The average Bonchev–Trinajstić information content (AvgIpc) is 2.32. The molecule has 0 heterocycles. The number of ether oxygens (including phenoxy) is 1. The lowest BCUT2D eigenvalue weighted by Crippen LogP contribution is -2.31.